The van der Waals surface area contributed by atoms with Gasteiger partial charge in [-0.2, -0.15) is 0 Å². The van der Waals surface area contributed by atoms with Gasteiger partial charge in [0.05, 0.1) is 0 Å². The second-order valence-corrected chi connectivity index (χ2v) is 6.42. The Kier molecular flexibility index (Phi) is 5.83. The van der Waals surface area contributed by atoms with Gasteiger partial charge in [-0.15, -0.1) is 0 Å². The van der Waals surface area contributed by atoms with E-state index in [2.05, 4.69) is 23.3 Å². The predicted molar refractivity (Wildman–Crippen MR) is 89.3 cm³/mol. The van der Waals surface area contributed by atoms with E-state index >= 15 is 0 Å². The van der Waals surface area contributed by atoms with Crippen LogP contribution in [0.25, 0.3) is 0 Å². The minimum absolute atomic E-state index is 0.0104. The maximum Gasteiger partial charge on any atom is 0.261 e. The number of likely N-dealkylation sites (tertiary alicyclic amines) is 1. The number of carbonyl (C=O) groups excluding carboxylic acids is 1. The van der Waals surface area contributed by atoms with Crippen LogP contribution in [0.2, 0.25) is 0 Å². The number of nitrogens with one attached hydrogen (secondary N) is 1. The zero-order chi connectivity index (χ0) is 16.1. The molecule has 1 amide bonds. The van der Waals surface area contributed by atoms with Gasteiger partial charge in [0.1, 0.15) is 5.75 Å². The fraction of sp³-hybridized carbons (Fsp3) is 0.611. The monoisotopic (exact) mass is 304 g/mol. The number of aryl methyl sites for hydroxylation is 2. The van der Waals surface area contributed by atoms with Crippen molar-refractivity contribution < 1.29 is 9.53 Å². The van der Waals surface area contributed by atoms with Crippen LogP contribution in [0.3, 0.4) is 0 Å². The first-order valence-electron chi connectivity index (χ1n) is 8.21. The quantitative estimate of drug-likeness (QED) is 0.909. The molecule has 0 saturated carbocycles. The number of nitrogens with zero attached hydrogens (tertiary/aromatic N) is 1. The lowest BCUT2D eigenvalue weighted by Crippen LogP contribution is -2.47. The molecule has 1 aliphatic rings. The third-order valence-electron chi connectivity index (χ3n) is 4.20. The van der Waals surface area contributed by atoms with E-state index in [1.54, 1.807) is 0 Å². The van der Waals surface area contributed by atoms with Crippen LogP contribution in [0.15, 0.2) is 18.2 Å². The van der Waals surface area contributed by atoms with Gasteiger partial charge in [0, 0.05) is 6.04 Å². The highest BCUT2D eigenvalue weighted by Crippen LogP contribution is 2.19. The normalized spacial score (nSPS) is 18.0. The molecule has 1 aromatic carbocycles. The fourth-order valence-corrected chi connectivity index (χ4v) is 2.93. The highest BCUT2D eigenvalue weighted by Gasteiger charge is 2.24. The van der Waals surface area contributed by atoms with E-state index in [4.69, 9.17) is 4.74 Å². The summed E-state index contributed by atoms with van der Waals surface area (Å²) < 4.78 is 5.93. The standard InChI is InChI=1S/C18H28N2O2/c1-5-17(22-16-11-13(2)10-14(3)12-16)18(21)19-15-6-8-20(4)9-7-15/h10-12,15,17H,5-9H2,1-4H3,(H,19,21)/t17-/m1/s1. The largest absolute Gasteiger partial charge is 0.481 e. The molecule has 1 atom stereocenters. The van der Waals surface area contributed by atoms with Crippen LogP contribution in [-0.2, 0) is 4.79 Å². The summed E-state index contributed by atoms with van der Waals surface area (Å²) >= 11 is 0. The van der Waals surface area contributed by atoms with Crippen molar-refractivity contribution in [3.8, 4) is 5.75 Å². The molecule has 0 unspecified atom stereocenters. The molecule has 1 N–H and O–H groups in total. The third kappa shape index (κ3) is 4.73. The van der Waals surface area contributed by atoms with Crippen LogP contribution in [0.4, 0.5) is 0 Å². The van der Waals surface area contributed by atoms with Crippen LogP contribution in [0, 0.1) is 13.8 Å². The van der Waals surface area contributed by atoms with E-state index in [0.717, 1.165) is 42.8 Å². The molecule has 1 aliphatic heterocycles. The Morgan fingerprint density at radius 2 is 1.86 bits per heavy atom. The van der Waals surface area contributed by atoms with Crippen molar-refractivity contribution in [2.75, 3.05) is 20.1 Å². The number of piperidine rings is 1. The molecule has 2 rings (SSSR count). The summed E-state index contributed by atoms with van der Waals surface area (Å²) in [6.45, 7) is 8.15. The topological polar surface area (TPSA) is 41.6 Å². The van der Waals surface area contributed by atoms with Crippen molar-refractivity contribution in [1.29, 1.82) is 0 Å². The minimum Gasteiger partial charge on any atom is -0.481 e. The summed E-state index contributed by atoms with van der Waals surface area (Å²) in [7, 11) is 2.12. The average Bonchev–Trinajstić information content (AvgIpc) is 2.46. The van der Waals surface area contributed by atoms with Gasteiger partial charge in [-0.3, -0.25) is 4.79 Å². The summed E-state index contributed by atoms with van der Waals surface area (Å²) in [5, 5.41) is 3.15. The van der Waals surface area contributed by atoms with Crippen molar-refractivity contribution >= 4 is 5.91 Å². The van der Waals surface area contributed by atoms with Crippen LogP contribution < -0.4 is 10.1 Å². The number of ether oxygens (including phenoxy) is 1. The minimum atomic E-state index is -0.416. The first kappa shape index (κ1) is 16.8. The molecule has 1 aromatic rings. The van der Waals surface area contributed by atoms with Crippen molar-refractivity contribution in [2.24, 2.45) is 0 Å². The first-order chi connectivity index (χ1) is 10.5. The van der Waals surface area contributed by atoms with E-state index in [-0.39, 0.29) is 11.9 Å². The Hall–Kier alpha value is -1.55. The molecule has 0 aliphatic carbocycles. The Labute approximate surface area is 133 Å². The Morgan fingerprint density at radius 3 is 2.41 bits per heavy atom. The molecule has 0 spiro atoms. The molecule has 4 heteroatoms. The Bertz CT molecular complexity index is 488. The van der Waals surface area contributed by atoms with E-state index < -0.39 is 6.10 Å². The molecule has 1 fully saturated rings. The van der Waals surface area contributed by atoms with Crippen LogP contribution in [0.5, 0.6) is 5.75 Å². The molecule has 0 radical (unpaired) electrons. The van der Waals surface area contributed by atoms with Gasteiger partial charge in [0.2, 0.25) is 0 Å². The van der Waals surface area contributed by atoms with Gasteiger partial charge >= 0.3 is 0 Å². The number of benzene rings is 1. The van der Waals surface area contributed by atoms with Crippen molar-refractivity contribution in [1.82, 2.24) is 10.2 Å². The summed E-state index contributed by atoms with van der Waals surface area (Å²) in [6.07, 6.45) is 2.29. The summed E-state index contributed by atoms with van der Waals surface area (Å²) in [5.74, 6) is 0.791. The zero-order valence-electron chi connectivity index (χ0n) is 14.2. The molecule has 22 heavy (non-hydrogen) atoms. The summed E-state index contributed by atoms with van der Waals surface area (Å²) in [5.41, 5.74) is 2.31. The van der Waals surface area contributed by atoms with E-state index in [0.29, 0.717) is 6.42 Å². The van der Waals surface area contributed by atoms with Gasteiger partial charge < -0.3 is 15.0 Å². The molecule has 4 nitrogen and oxygen atoms in total. The molecule has 0 aromatic heterocycles. The van der Waals surface area contributed by atoms with Crippen LogP contribution >= 0.6 is 0 Å². The number of carbonyl (C=O) groups is 1. The third-order valence-corrected chi connectivity index (χ3v) is 4.20. The maximum absolute atomic E-state index is 12.4. The van der Waals surface area contributed by atoms with Gasteiger partial charge in [-0.1, -0.05) is 13.0 Å². The number of amides is 1. The lowest BCUT2D eigenvalue weighted by atomic mass is 10.1. The van der Waals surface area contributed by atoms with Gasteiger partial charge in [0.25, 0.3) is 5.91 Å². The van der Waals surface area contributed by atoms with Crippen LogP contribution in [0.1, 0.15) is 37.3 Å². The van der Waals surface area contributed by atoms with Crippen molar-refractivity contribution in [3.63, 3.8) is 0 Å². The highest BCUT2D eigenvalue weighted by molar-refractivity contribution is 5.81. The Balaban J connectivity index is 1.94. The fourth-order valence-electron chi connectivity index (χ4n) is 2.93. The molecule has 1 heterocycles. The number of rotatable bonds is 5. The van der Waals surface area contributed by atoms with E-state index in [1.165, 1.54) is 0 Å². The van der Waals surface area contributed by atoms with Gasteiger partial charge in [-0.25, -0.2) is 0 Å². The SMILES string of the molecule is CC[C@@H](Oc1cc(C)cc(C)c1)C(=O)NC1CCN(C)CC1. The zero-order valence-corrected chi connectivity index (χ0v) is 14.2. The van der Waals surface area contributed by atoms with Gasteiger partial charge in [0.15, 0.2) is 6.10 Å². The van der Waals surface area contributed by atoms with Crippen molar-refractivity contribution in [2.45, 2.75) is 52.2 Å². The van der Waals surface area contributed by atoms with Gasteiger partial charge in [-0.05, 0) is 76.5 Å². The van der Waals surface area contributed by atoms with Crippen molar-refractivity contribution in [3.05, 3.63) is 29.3 Å². The molecule has 0 bridgehead atoms. The van der Waals surface area contributed by atoms with E-state index in [9.17, 15) is 4.79 Å². The molecular weight excluding hydrogens is 276 g/mol. The summed E-state index contributed by atoms with van der Waals surface area (Å²) in [4.78, 5) is 14.7. The lowest BCUT2D eigenvalue weighted by molar-refractivity contribution is -0.129. The predicted octanol–water partition coefficient (Wildman–Crippen LogP) is 2.67. The second kappa shape index (κ2) is 7.63. The number of hydrogen-bond acceptors (Lipinski definition) is 3. The first-order valence-corrected chi connectivity index (χ1v) is 8.21. The lowest BCUT2D eigenvalue weighted by Gasteiger charge is -2.30. The number of hydrogen-bond donors (Lipinski definition) is 1. The van der Waals surface area contributed by atoms with Crippen LogP contribution in [-0.4, -0.2) is 43.1 Å². The molecule has 122 valence electrons. The maximum atomic E-state index is 12.4. The van der Waals surface area contributed by atoms with E-state index in [1.807, 2.05) is 32.9 Å². The second-order valence-electron chi connectivity index (χ2n) is 6.42. The smallest absolute Gasteiger partial charge is 0.261 e. The molecule has 1 saturated heterocycles. The average molecular weight is 304 g/mol. The molecular formula is C18H28N2O2. The Morgan fingerprint density at radius 1 is 1.27 bits per heavy atom. The summed E-state index contributed by atoms with van der Waals surface area (Å²) in [6, 6.07) is 6.35. The highest BCUT2D eigenvalue weighted by atomic mass is 16.5.